The molecule has 0 unspecified atom stereocenters. The van der Waals surface area contributed by atoms with E-state index in [1.165, 1.54) is 6.08 Å². The summed E-state index contributed by atoms with van der Waals surface area (Å²) in [4.78, 5) is 0. The zero-order chi connectivity index (χ0) is 9.14. The molecule has 0 aliphatic heterocycles. The van der Waals surface area contributed by atoms with Crippen molar-refractivity contribution in [2.75, 3.05) is 7.05 Å². The minimum atomic E-state index is -0.191. The molecule has 0 saturated heterocycles. The Hall–Kier alpha value is -1.25. The lowest BCUT2D eigenvalue weighted by Gasteiger charge is -2.04. The zero-order valence-corrected chi connectivity index (χ0v) is 7.32. The Morgan fingerprint density at radius 3 is 2.83 bits per heavy atom. The van der Waals surface area contributed by atoms with Crippen LogP contribution in [0.15, 0.2) is 34.9 Å². The zero-order valence-electron chi connectivity index (χ0n) is 7.32. The van der Waals surface area contributed by atoms with E-state index in [0.29, 0.717) is 17.7 Å². The molecule has 0 aromatic carbocycles. The van der Waals surface area contributed by atoms with E-state index in [-0.39, 0.29) is 5.83 Å². The molecule has 12 heavy (non-hydrogen) atoms. The van der Waals surface area contributed by atoms with Gasteiger partial charge < -0.3 is 11.1 Å². The average Bonchev–Trinajstić information content (AvgIpc) is 2.14. The molecule has 0 bridgehead atoms. The van der Waals surface area contributed by atoms with Crippen molar-refractivity contribution < 1.29 is 4.39 Å². The van der Waals surface area contributed by atoms with Crippen LogP contribution < -0.4 is 11.1 Å². The third kappa shape index (κ3) is 1.67. The Bertz CT molecular complexity index is 274. The Morgan fingerprint density at radius 1 is 1.58 bits per heavy atom. The fourth-order valence-electron chi connectivity index (χ4n) is 1.11. The maximum Gasteiger partial charge on any atom is 0.122 e. The van der Waals surface area contributed by atoms with Gasteiger partial charge in [-0.3, -0.25) is 0 Å². The standard InChI is InChI=1S/C9H13FN2/c1-6-5-8(11)9(12-2)4-3-7(6)10/h3,5,12H,4,11H2,1-2H3. The molecule has 0 heterocycles. The molecule has 1 rings (SSSR count). The summed E-state index contributed by atoms with van der Waals surface area (Å²) in [7, 11) is 1.78. The molecule has 0 atom stereocenters. The largest absolute Gasteiger partial charge is 0.397 e. The van der Waals surface area contributed by atoms with Crippen LogP contribution in [-0.4, -0.2) is 7.05 Å². The van der Waals surface area contributed by atoms with Crippen LogP contribution in [-0.2, 0) is 0 Å². The second kappa shape index (κ2) is 3.43. The van der Waals surface area contributed by atoms with E-state index in [1.807, 2.05) is 0 Å². The van der Waals surface area contributed by atoms with Crippen molar-refractivity contribution in [1.29, 1.82) is 0 Å². The predicted molar refractivity (Wildman–Crippen MR) is 47.8 cm³/mol. The van der Waals surface area contributed by atoms with E-state index < -0.39 is 0 Å². The van der Waals surface area contributed by atoms with E-state index >= 15 is 0 Å². The number of halogens is 1. The Balaban J connectivity index is 3.01. The first-order valence-electron chi connectivity index (χ1n) is 3.86. The first-order valence-corrected chi connectivity index (χ1v) is 3.86. The highest BCUT2D eigenvalue weighted by molar-refractivity contribution is 5.37. The van der Waals surface area contributed by atoms with Crippen LogP contribution in [0.5, 0.6) is 0 Å². The van der Waals surface area contributed by atoms with Gasteiger partial charge in [0.25, 0.3) is 0 Å². The second-order valence-electron chi connectivity index (χ2n) is 2.77. The van der Waals surface area contributed by atoms with Gasteiger partial charge in [-0.2, -0.15) is 0 Å². The monoisotopic (exact) mass is 168 g/mol. The van der Waals surface area contributed by atoms with E-state index in [9.17, 15) is 4.39 Å². The third-order valence-corrected chi connectivity index (χ3v) is 1.88. The van der Waals surface area contributed by atoms with Crippen molar-refractivity contribution in [2.45, 2.75) is 13.3 Å². The molecule has 0 amide bonds. The lowest BCUT2D eigenvalue weighted by Crippen LogP contribution is -2.11. The summed E-state index contributed by atoms with van der Waals surface area (Å²) in [5, 5.41) is 2.93. The summed E-state index contributed by atoms with van der Waals surface area (Å²) >= 11 is 0. The van der Waals surface area contributed by atoms with Crippen LogP contribution in [0, 0.1) is 0 Å². The van der Waals surface area contributed by atoms with Crippen LogP contribution in [0.1, 0.15) is 13.3 Å². The molecule has 66 valence electrons. The Morgan fingerprint density at radius 2 is 2.25 bits per heavy atom. The van der Waals surface area contributed by atoms with Gasteiger partial charge in [0.15, 0.2) is 0 Å². The highest BCUT2D eigenvalue weighted by Crippen LogP contribution is 2.19. The van der Waals surface area contributed by atoms with Crippen molar-refractivity contribution in [3.8, 4) is 0 Å². The minimum absolute atomic E-state index is 0.191. The third-order valence-electron chi connectivity index (χ3n) is 1.88. The molecule has 0 saturated carbocycles. The SMILES string of the molecule is CNC1=C(N)C=C(C)C(F)=CC1. The quantitative estimate of drug-likeness (QED) is 0.623. The fourth-order valence-corrected chi connectivity index (χ4v) is 1.11. The van der Waals surface area contributed by atoms with Crippen molar-refractivity contribution in [3.05, 3.63) is 34.9 Å². The molecule has 0 radical (unpaired) electrons. The molecule has 0 aromatic heterocycles. The molecule has 0 fully saturated rings. The highest BCUT2D eigenvalue weighted by atomic mass is 19.1. The normalized spacial score (nSPS) is 18.2. The number of nitrogens with two attached hydrogens (primary N) is 1. The van der Waals surface area contributed by atoms with E-state index in [2.05, 4.69) is 5.32 Å². The maximum atomic E-state index is 13.0. The Kier molecular flexibility index (Phi) is 2.53. The number of hydrogen-bond donors (Lipinski definition) is 2. The summed E-state index contributed by atoms with van der Waals surface area (Å²) in [6.07, 6.45) is 3.70. The topological polar surface area (TPSA) is 38.0 Å². The highest BCUT2D eigenvalue weighted by Gasteiger charge is 2.06. The fraction of sp³-hybridized carbons (Fsp3) is 0.333. The number of nitrogens with one attached hydrogen (secondary N) is 1. The average molecular weight is 168 g/mol. The van der Waals surface area contributed by atoms with Gasteiger partial charge >= 0.3 is 0 Å². The molecular weight excluding hydrogens is 155 g/mol. The van der Waals surface area contributed by atoms with Crippen molar-refractivity contribution in [3.63, 3.8) is 0 Å². The molecule has 2 nitrogen and oxygen atoms in total. The first-order chi connectivity index (χ1) is 5.65. The number of rotatable bonds is 1. The van der Waals surface area contributed by atoms with E-state index in [4.69, 9.17) is 5.73 Å². The summed E-state index contributed by atoms with van der Waals surface area (Å²) in [5.74, 6) is -0.191. The van der Waals surface area contributed by atoms with Gasteiger partial charge in [-0.1, -0.05) is 0 Å². The molecule has 1 aliphatic rings. The molecule has 3 N–H and O–H groups in total. The van der Waals surface area contributed by atoms with Crippen LogP contribution in [0.25, 0.3) is 0 Å². The van der Waals surface area contributed by atoms with E-state index in [1.54, 1.807) is 20.0 Å². The van der Waals surface area contributed by atoms with Crippen LogP contribution in [0.3, 0.4) is 0 Å². The summed E-state index contributed by atoms with van der Waals surface area (Å²) in [6, 6.07) is 0. The minimum Gasteiger partial charge on any atom is -0.397 e. The van der Waals surface area contributed by atoms with Gasteiger partial charge in [-0.15, -0.1) is 0 Å². The first kappa shape index (κ1) is 8.84. The number of hydrogen-bond acceptors (Lipinski definition) is 2. The predicted octanol–water partition coefficient (Wildman–Crippen LogP) is 1.58. The van der Waals surface area contributed by atoms with Gasteiger partial charge in [-0.25, -0.2) is 4.39 Å². The van der Waals surface area contributed by atoms with Crippen LogP contribution in [0.2, 0.25) is 0 Å². The molecular formula is C9H13FN2. The molecule has 0 spiro atoms. The van der Waals surface area contributed by atoms with Crippen LogP contribution >= 0.6 is 0 Å². The van der Waals surface area contributed by atoms with Gasteiger partial charge in [0.05, 0.1) is 5.70 Å². The van der Waals surface area contributed by atoms with Gasteiger partial charge in [0.1, 0.15) is 5.83 Å². The van der Waals surface area contributed by atoms with Crippen molar-refractivity contribution in [1.82, 2.24) is 5.32 Å². The van der Waals surface area contributed by atoms with Crippen LogP contribution in [0.4, 0.5) is 4.39 Å². The van der Waals surface area contributed by atoms with Gasteiger partial charge in [0.2, 0.25) is 0 Å². The van der Waals surface area contributed by atoms with Gasteiger partial charge in [-0.05, 0) is 24.6 Å². The van der Waals surface area contributed by atoms with Crippen molar-refractivity contribution >= 4 is 0 Å². The molecule has 3 heteroatoms. The lowest BCUT2D eigenvalue weighted by molar-refractivity contribution is 0.647. The Labute approximate surface area is 71.6 Å². The molecule has 0 aromatic rings. The smallest absolute Gasteiger partial charge is 0.122 e. The second-order valence-corrected chi connectivity index (χ2v) is 2.77. The number of allylic oxidation sites excluding steroid dienone is 4. The van der Waals surface area contributed by atoms with E-state index in [0.717, 1.165) is 5.70 Å². The summed E-state index contributed by atoms with van der Waals surface area (Å²) in [6.45, 7) is 1.71. The summed E-state index contributed by atoms with van der Waals surface area (Å²) in [5.41, 5.74) is 7.74. The maximum absolute atomic E-state index is 13.0. The summed E-state index contributed by atoms with van der Waals surface area (Å²) < 4.78 is 13.0. The van der Waals surface area contributed by atoms with Gasteiger partial charge in [0, 0.05) is 19.2 Å². The molecule has 1 aliphatic carbocycles. The lowest BCUT2D eigenvalue weighted by atomic mass is 10.2. The van der Waals surface area contributed by atoms with Crippen molar-refractivity contribution in [2.24, 2.45) is 5.73 Å².